The standard InChI is InChI=1S/C10H10N6O4/c1-14-5-7(16(19)20)9(17)15(10(14)18)4-6-2-13-8(11)3-12-6/h2-3,5H,4H2,1H3,(H2,11,13). The number of nitro groups is 1. The van der Waals surface area contributed by atoms with Gasteiger partial charge in [-0.3, -0.25) is 24.5 Å². The third kappa shape index (κ3) is 2.39. The van der Waals surface area contributed by atoms with E-state index in [4.69, 9.17) is 5.73 Å². The molecule has 0 fully saturated rings. The Bertz CT molecular complexity index is 776. The van der Waals surface area contributed by atoms with Crippen molar-refractivity contribution in [3.63, 3.8) is 0 Å². The Morgan fingerprint density at radius 1 is 1.35 bits per heavy atom. The zero-order valence-corrected chi connectivity index (χ0v) is 10.4. The smallest absolute Gasteiger partial charge is 0.350 e. The summed E-state index contributed by atoms with van der Waals surface area (Å²) in [5, 5.41) is 10.8. The van der Waals surface area contributed by atoms with Crippen LogP contribution in [0.1, 0.15) is 5.69 Å². The topological polar surface area (TPSA) is 139 Å². The van der Waals surface area contributed by atoms with E-state index in [-0.39, 0.29) is 12.4 Å². The van der Waals surface area contributed by atoms with Gasteiger partial charge in [-0.2, -0.15) is 0 Å². The van der Waals surface area contributed by atoms with E-state index in [1.54, 1.807) is 0 Å². The van der Waals surface area contributed by atoms with Gasteiger partial charge in [0.1, 0.15) is 5.82 Å². The number of aromatic nitrogens is 4. The van der Waals surface area contributed by atoms with Gasteiger partial charge in [0.15, 0.2) is 0 Å². The first-order chi connectivity index (χ1) is 9.40. The molecule has 2 rings (SSSR count). The molecule has 0 aromatic carbocycles. The highest BCUT2D eigenvalue weighted by Crippen LogP contribution is 2.01. The average molecular weight is 278 g/mol. The third-order valence-electron chi connectivity index (χ3n) is 2.55. The molecule has 10 nitrogen and oxygen atoms in total. The Morgan fingerprint density at radius 2 is 2.05 bits per heavy atom. The van der Waals surface area contributed by atoms with E-state index in [1.807, 2.05) is 0 Å². The minimum absolute atomic E-state index is 0.188. The van der Waals surface area contributed by atoms with E-state index in [1.165, 1.54) is 19.4 Å². The second-order valence-corrected chi connectivity index (χ2v) is 3.99. The molecule has 20 heavy (non-hydrogen) atoms. The number of hydrogen-bond acceptors (Lipinski definition) is 7. The maximum atomic E-state index is 11.9. The molecule has 0 radical (unpaired) electrons. The van der Waals surface area contributed by atoms with E-state index in [0.717, 1.165) is 15.3 Å². The Labute approximate surface area is 111 Å². The van der Waals surface area contributed by atoms with Crippen LogP contribution in [0.15, 0.2) is 28.2 Å². The predicted molar refractivity (Wildman–Crippen MR) is 68.1 cm³/mol. The van der Waals surface area contributed by atoms with Crippen LogP contribution in [0.25, 0.3) is 0 Å². The molecule has 0 spiro atoms. The van der Waals surface area contributed by atoms with Crippen molar-refractivity contribution in [3.05, 3.63) is 55.2 Å². The second kappa shape index (κ2) is 4.91. The number of nitrogens with two attached hydrogens (primary N) is 1. The van der Waals surface area contributed by atoms with Crippen molar-refractivity contribution in [2.24, 2.45) is 7.05 Å². The summed E-state index contributed by atoms with van der Waals surface area (Å²) in [5.41, 5.74) is 3.31. The van der Waals surface area contributed by atoms with Crippen LogP contribution in [0.3, 0.4) is 0 Å². The molecule has 0 saturated carbocycles. The minimum atomic E-state index is -0.989. The Balaban J connectivity index is 2.56. The molecule has 0 bridgehead atoms. The fourth-order valence-corrected chi connectivity index (χ4v) is 1.58. The molecule has 10 heteroatoms. The molecule has 2 aromatic rings. The molecule has 0 aliphatic rings. The van der Waals surface area contributed by atoms with Gasteiger partial charge in [0.25, 0.3) is 0 Å². The van der Waals surface area contributed by atoms with Crippen molar-refractivity contribution < 1.29 is 4.92 Å². The summed E-state index contributed by atoms with van der Waals surface area (Å²) >= 11 is 0. The molecule has 0 unspecified atom stereocenters. The van der Waals surface area contributed by atoms with Gasteiger partial charge < -0.3 is 5.73 Å². The highest BCUT2D eigenvalue weighted by atomic mass is 16.6. The molecule has 0 saturated heterocycles. The highest BCUT2D eigenvalue weighted by molar-refractivity contribution is 5.24. The van der Waals surface area contributed by atoms with Crippen LogP contribution >= 0.6 is 0 Å². The molecular weight excluding hydrogens is 268 g/mol. The molecule has 0 aliphatic carbocycles. The van der Waals surface area contributed by atoms with E-state index in [2.05, 4.69) is 9.97 Å². The van der Waals surface area contributed by atoms with Crippen molar-refractivity contribution in [1.29, 1.82) is 0 Å². The van der Waals surface area contributed by atoms with Gasteiger partial charge in [-0.25, -0.2) is 14.3 Å². The summed E-state index contributed by atoms with van der Waals surface area (Å²) in [6.07, 6.45) is 3.44. The summed E-state index contributed by atoms with van der Waals surface area (Å²) in [4.78, 5) is 41.3. The lowest BCUT2D eigenvalue weighted by Gasteiger charge is -2.06. The van der Waals surface area contributed by atoms with E-state index in [9.17, 15) is 19.7 Å². The number of hydrogen-bond donors (Lipinski definition) is 1. The zero-order chi connectivity index (χ0) is 14.9. The van der Waals surface area contributed by atoms with Crippen molar-refractivity contribution in [2.45, 2.75) is 6.54 Å². The molecule has 2 aromatic heterocycles. The number of nitrogen functional groups attached to an aromatic ring is 1. The van der Waals surface area contributed by atoms with Gasteiger partial charge in [-0.05, 0) is 0 Å². The number of anilines is 1. The maximum absolute atomic E-state index is 11.9. The quantitative estimate of drug-likeness (QED) is 0.553. The van der Waals surface area contributed by atoms with Crippen LogP contribution < -0.4 is 17.0 Å². The normalized spacial score (nSPS) is 10.4. The first kappa shape index (κ1) is 13.4. The van der Waals surface area contributed by atoms with Crippen LogP contribution in [0.5, 0.6) is 0 Å². The molecular formula is C10H10N6O4. The lowest BCUT2D eigenvalue weighted by molar-refractivity contribution is -0.387. The van der Waals surface area contributed by atoms with E-state index >= 15 is 0 Å². The van der Waals surface area contributed by atoms with Crippen LogP contribution in [0.2, 0.25) is 0 Å². The third-order valence-corrected chi connectivity index (χ3v) is 2.55. The monoisotopic (exact) mass is 278 g/mol. The van der Waals surface area contributed by atoms with Gasteiger partial charge in [-0.1, -0.05) is 0 Å². The maximum Gasteiger partial charge on any atom is 0.350 e. The van der Waals surface area contributed by atoms with Crippen molar-refractivity contribution >= 4 is 11.5 Å². The molecule has 104 valence electrons. The fraction of sp³-hybridized carbons (Fsp3) is 0.200. The molecule has 2 N–H and O–H groups in total. The molecule has 0 amide bonds. The number of rotatable bonds is 3. The van der Waals surface area contributed by atoms with Crippen molar-refractivity contribution in [1.82, 2.24) is 19.1 Å². The van der Waals surface area contributed by atoms with Crippen LogP contribution in [-0.4, -0.2) is 24.0 Å². The number of aryl methyl sites for hydroxylation is 1. The molecule has 0 aliphatic heterocycles. The first-order valence-electron chi connectivity index (χ1n) is 5.41. The summed E-state index contributed by atoms with van der Waals surface area (Å²) in [6.45, 7) is -0.222. The number of nitrogens with zero attached hydrogens (tertiary/aromatic N) is 5. The Kier molecular flexibility index (Phi) is 3.29. The van der Waals surface area contributed by atoms with E-state index < -0.39 is 21.9 Å². The van der Waals surface area contributed by atoms with Gasteiger partial charge in [-0.15, -0.1) is 0 Å². The SMILES string of the molecule is Cn1cc([N+](=O)[O-])c(=O)n(Cc2cnc(N)cn2)c1=O. The van der Waals surface area contributed by atoms with E-state index in [0.29, 0.717) is 5.69 Å². The Hall–Kier alpha value is -3.04. The average Bonchev–Trinajstić information content (AvgIpc) is 2.40. The highest BCUT2D eigenvalue weighted by Gasteiger charge is 2.19. The molecule has 0 atom stereocenters. The van der Waals surface area contributed by atoms with Gasteiger partial charge >= 0.3 is 16.9 Å². The largest absolute Gasteiger partial charge is 0.382 e. The van der Waals surface area contributed by atoms with Crippen LogP contribution in [0, 0.1) is 10.1 Å². The van der Waals surface area contributed by atoms with Crippen molar-refractivity contribution in [3.8, 4) is 0 Å². The predicted octanol–water partition coefficient (Wildman–Crippen LogP) is -1.12. The minimum Gasteiger partial charge on any atom is -0.382 e. The lowest BCUT2D eigenvalue weighted by Crippen LogP contribution is -2.39. The van der Waals surface area contributed by atoms with Crippen LogP contribution in [-0.2, 0) is 13.6 Å². The Morgan fingerprint density at radius 3 is 2.60 bits per heavy atom. The zero-order valence-electron chi connectivity index (χ0n) is 10.4. The summed E-state index contributed by atoms with van der Waals surface area (Å²) < 4.78 is 1.68. The summed E-state index contributed by atoms with van der Waals surface area (Å²) in [7, 11) is 1.32. The van der Waals surface area contributed by atoms with Crippen molar-refractivity contribution in [2.75, 3.05) is 5.73 Å². The summed E-state index contributed by atoms with van der Waals surface area (Å²) in [6, 6.07) is 0. The van der Waals surface area contributed by atoms with Gasteiger partial charge in [0, 0.05) is 7.05 Å². The summed E-state index contributed by atoms with van der Waals surface area (Å²) in [5.74, 6) is 0.188. The van der Waals surface area contributed by atoms with Gasteiger partial charge in [0.05, 0.1) is 35.8 Å². The lowest BCUT2D eigenvalue weighted by atomic mass is 10.4. The second-order valence-electron chi connectivity index (χ2n) is 3.99. The first-order valence-corrected chi connectivity index (χ1v) is 5.41. The molecule has 2 heterocycles. The van der Waals surface area contributed by atoms with Gasteiger partial charge in [0.2, 0.25) is 0 Å². The van der Waals surface area contributed by atoms with Crippen LogP contribution in [0.4, 0.5) is 11.5 Å². The fourth-order valence-electron chi connectivity index (χ4n) is 1.58.